The highest BCUT2D eigenvalue weighted by Gasteiger charge is 2.17. The molecule has 0 saturated heterocycles. The van der Waals surface area contributed by atoms with E-state index in [-0.39, 0.29) is 18.8 Å². The van der Waals surface area contributed by atoms with Gasteiger partial charge in [-0.1, -0.05) is 12.1 Å². The van der Waals surface area contributed by atoms with Crippen LogP contribution in [0.5, 0.6) is 5.75 Å². The minimum absolute atomic E-state index is 0.129. The van der Waals surface area contributed by atoms with Crippen molar-refractivity contribution in [3.8, 4) is 5.75 Å². The predicted molar refractivity (Wildman–Crippen MR) is 66.0 cm³/mol. The second kappa shape index (κ2) is 7.22. The van der Waals surface area contributed by atoms with Crippen molar-refractivity contribution in [2.24, 2.45) is 5.73 Å². The number of aromatic hydroxyl groups is 1. The molecule has 0 radical (unpaired) electrons. The van der Waals surface area contributed by atoms with Crippen molar-refractivity contribution in [2.45, 2.75) is 19.4 Å². The zero-order chi connectivity index (χ0) is 14.3. The average molecular weight is 268 g/mol. The van der Waals surface area contributed by atoms with E-state index < -0.39 is 18.1 Å². The van der Waals surface area contributed by atoms with E-state index in [1.807, 2.05) is 5.48 Å². The number of nitrogens with two attached hydrogens (primary N) is 1. The second-order valence-electron chi connectivity index (χ2n) is 3.72. The van der Waals surface area contributed by atoms with Crippen molar-refractivity contribution in [2.75, 3.05) is 6.61 Å². The number of ether oxygens (including phenoxy) is 1. The zero-order valence-electron chi connectivity index (χ0n) is 10.5. The van der Waals surface area contributed by atoms with E-state index in [9.17, 15) is 9.59 Å². The fourth-order valence-corrected chi connectivity index (χ4v) is 1.30. The summed E-state index contributed by atoms with van der Waals surface area (Å²) in [4.78, 5) is 26.8. The van der Waals surface area contributed by atoms with Crippen LogP contribution in [0.25, 0.3) is 0 Å². The Morgan fingerprint density at radius 2 is 2.00 bits per heavy atom. The number of hydrogen-bond donors (Lipinski definition) is 3. The van der Waals surface area contributed by atoms with Gasteiger partial charge in [0.1, 0.15) is 11.8 Å². The molecule has 0 aliphatic rings. The predicted octanol–water partition coefficient (Wildman–Crippen LogP) is 0.466. The number of rotatable bonds is 4. The van der Waals surface area contributed by atoms with E-state index in [4.69, 9.17) is 10.8 Å². The van der Waals surface area contributed by atoms with Gasteiger partial charge in [0.2, 0.25) is 0 Å². The Bertz CT molecular complexity index is 432. The number of amides is 1. The van der Waals surface area contributed by atoms with Gasteiger partial charge in [-0.2, -0.15) is 0 Å². The fraction of sp³-hybridized carbons (Fsp3) is 0.333. The van der Waals surface area contributed by atoms with Crippen molar-refractivity contribution in [1.29, 1.82) is 0 Å². The molecule has 1 amide bonds. The van der Waals surface area contributed by atoms with Crippen LogP contribution in [-0.2, 0) is 20.8 Å². The first-order valence-electron chi connectivity index (χ1n) is 5.70. The first-order valence-corrected chi connectivity index (χ1v) is 5.70. The lowest BCUT2D eigenvalue weighted by Gasteiger charge is -2.11. The fourth-order valence-electron chi connectivity index (χ4n) is 1.30. The third-order valence-electron chi connectivity index (χ3n) is 2.21. The number of hydroxylamine groups is 1. The average Bonchev–Trinajstić information content (AvgIpc) is 2.39. The summed E-state index contributed by atoms with van der Waals surface area (Å²) in [6.45, 7) is 1.79. The highest BCUT2D eigenvalue weighted by molar-refractivity contribution is 5.77. The van der Waals surface area contributed by atoms with Crippen LogP contribution in [0.3, 0.4) is 0 Å². The Hall–Kier alpha value is -2.28. The number of carbonyl (C=O) groups is 2. The quantitative estimate of drug-likeness (QED) is 0.684. The normalized spacial score (nSPS) is 11.5. The van der Waals surface area contributed by atoms with Crippen LogP contribution in [0.2, 0.25) is 0 Å². The largest absolute Gasteiger partial charge is 0.508 e. The SMILES string of the molecule is CCOC(=O)NOC(=O)[C@@H](N)Cc1ccc(O)cc1. The smallest absolute Gasteiger partial charge is 0.440 e. The monoisotopic (exact) mass is 268 g/mol. The molecule has 0 aliphatic carbocycles. The summed E-state index contributed by atoms with van der Waals surface area (Å²) in [5, 5.41) is 9.11. The molecule has 0 bridgehead atoms. The molecule has 1 atom stereocenters. The van der Waals surface area contributed by atoms with E-state index in [0.29, 0.717) is 0 Å². The molecule has 4 N–H and O–H groups in total. The van der Waals surface area contributed by atoms with Gasteiger partial charge in [-0.3, -0.25) is 0 Å². The van der Waals surface area contributed by atoms with Crippen LogP contribution in [-0.4, -0.2) is 29.8 Å². The Kier molecular flexibility index (Phi) is 5.62. The summed E-state index contributed by atoms with van der Waals surface area (Å²) in [5.41, 5.74) is 8.21. The Morgan fingerprint density at radius 3 is 2.58 bits per heavy atom. The molecule has 7 heteroatoms. The zero-order valence-corrected chi connectivity index (χ0v) is 10.5. The molecule has 0 saturated carbocycles. The van der Waals surface area contributed by atoms with Gasteiger partial charge in [0, 0.05) is 0 Å². The van der Waals surface area contributed by atoms with Gasteiger partial charge in [-0.05, 0) is 31.0 Å². The number of carbonyl (C=O) groups excluding carboxylic acids is 2. The number of phenols is 1. The maximum absolute atomic E-state index is 11.5. The van der Waals surface area contributed by atoms with E-state index in [0.717, 1.165) is 5.56 Å². The highest BCUT2D eigenvalue weighted by atomic mass is 16.7. The molecule has 7 nitrogen and oxygen atoms in total. The molecule has 0 spiro atoms. The van der Waals surface area contributed by atoms with Crippen LogP contribution >= 0.6 is 0 Å². The van der Waals surface area contributed by atoms with Crippen LogP contribution < -0.4 is 11.2 Å². The Balaban J connectivity index is 2.40. The van der Waals surface area contributed by atoms with Gasteiger partial charge >= 0.3 is 12.1 Å². The van der Waals surface area contributed by atoms with Crippen LogP contribution in [0.15, 0.2) is 24.3 Å². The van der Waals surface area contributed by atoms with Crippen LogP contribution in [0.1, 0.15) is 12.5 Å². The maximum Gasteiger partial charge on any atom is 0.440 e. The summed E-state index contributed by atoms with van der Waals surface area (Å²) < 4.78 is 4.51. The Morgan fingerprint density at radius 1 is 1.37 bits per heavy atom. The molecule has 1 aromatic rings. The summed E-state index contributed by atoms with van der Waals surface area (Å²) in [7, 11) is 0. The third kappa shape index (κ3) is 5.26. The molecule has 104 valence electrons. The molecular formula is C12H16N2O5. The van der Waals surface area contributed by atoms with E-state index in [2.05, 4.69) is 9.57 Å². The van der Waals surface area contributed by atoms with Gasteiger partial charge in [-0.15, -0.1) is 5.48 Å². The lowest BCUT2D eigenvalue weighted by Crippen LogP contribution is -2.39. The minimum Gasteiger partial charge on any atom is -0.508 e. The standard InChI is InChI=1S/C12H16N2O5/c1-2-18-12(17)14-19-11(16)10(13)7-8-3-5-9(15)6-4-8/h3-6,10,15H,2,7,13H2,1H3,(H,14,17)/t10-/m0/s1. The van der Waals surface area contributed by atoms with Crippen molar-refractivity contribution in [3.05, 3.63) is 29.8 Å². The molecule has 0 aliphatic heterocycles. The topological polar surface area (TPSA) is 111 Å². The van der Waals surface area contributed by atoms with Gasteiger partial charge in [0.25, 0.3) is 0 Å². The third-order valence-corrected chi connectivity index (χ3v) is 2.21. The van der Waals surface area contributed by atoms with E-state index in [1.165, 1.54) is 12.1 Å². The van der Waals surface area contributed by atoms with Gasteiger partial charge in [-0.25, -0.2) is 9.59 Å². The number of phenolic OH excluding ortho intramolecular Hbond substituents is 1. The van der Waals surface area contributed by atoms with Gasteiger partial charge < -0.3 is 20.4 Å². The van der Waals surface area contributed by atoms with E-state index in [1.54, 1.807) is 19.1 Å². The first-order chi connectivity index (χ1) is 9.02. The van der Waals surface area contributed by atoms with Crippen molar-refractivity contribution in [1.82, 2.24) is 5.48 Å². The highest BCUT2D eigenvalue weighted by Crippen LogP contribution is 2.11. The van der Waals surface area contributed by atoms with Crippen molar-refractivity contribution in [3.63, 3.8) is 0 Å². The summed E-state index contributed by atoms with van der Waals surface area (Å²) in [5.74, 6) is -0.648. The molecule has 0 unspecified atom stereocenters. The minimum atomic E-state index is -0.925. The Labute approximate surface area is 110 Å². The second-order valence-corrected chi connectivity index (χ2v) is 3.72. The lowest BCUT2D eigenvalue weighted by molar-refractivity contribution is -0.151. The van der Waals surface area contributed by atoms with Crippen molar-refractivity contribution >= 4 is 12.1 Å². The number of hydrogen-bond acceptors (Lipinski definition) is 6. The molecule has 0 fully saturated rings. The summed E-state index contributed by atoms with van der Waals surface area (Å²) in [6, 6.07) is 5.34. The lowest BCUT2D eigenvalue weighted by atomic mass is 10.1. The van der Waals surface area contributed by atoms with Gasteiger partial charge in [0.15, 0.2) is 0 Å². The molecule has 0 heterocycles. The molecule has 1 aromatic carbocycles. The number of benzene rings is 1. The van der Waals surface area contributed by atoms with Gasteiger partial charge in [0.05, 0.1) is 6.61 Å². The van der Waals surface area contributed by atoms with Crippen molar-refractivity contribution < 1.29 is 24.3 Å². The van der Waals surface area contributed by atoms with E-state index >= 15 is 0 Å². The summed E-state index contributed by atoms with van der Waals surface area (Å²) >= 11 is 0. The molecule has 1 rings (SSSR count). The number of nitrogens with one attached hydrogen (secondary N) is 1. The maximum atomic E-state index is 11.5. The molecular weight excluding hydrogens is 252 g/mol. The van der Waals surface area contributed by atoms with Crippen LogP contribution in [0.4, 0.5) is 4.79 Å². The molecule has 19 heavy (non-hydrogen) atoms. The molecule has 0 aromatic heterocycles. The first kappa shape index (κ1) is 14.8. The summed E-state index contributed by atoms with van der Waals surface area (Å²) in [6.07, 6.45) is -0.628. The van der Waals surface area contributed by atoms with Crippen LogP contribution in [0, 0.1) is 0 Å².